The molecular weight excluding hydrogens is 402 g/mol. The van der Waals surface area contributed by atoms with E-state index in [9.17, 15) is 4.79 Å². The summed E-state index contributed by atoms with van der Waals surface area (Å²) in [5.41, 5.74) is 4.01. The molecule has 2 aliphatic rings. The number of hydrogen-bond donors (Lipinski definition) is 0. The Balaban J connectivity index is 1.26. The minimum Gasteiger partial charge on any atom is -0.497 e. The van der Waals surface area contributed by atoms with Crippen LogP contribution in [0.2, 0.25) is 0 Å². The first kappa shape index (κ1) is 22.2. The number of carbonyl (C=O) groups is 1. The number of aryl methyl sites for hydroxylation is 1. The molecule has 0 aliphatic carbocycles. The largest absolute Gasteiger partial charge is 0.497 e. The number of nitrogens with zero attached hydrogens (tertiary/aromatic N) is 3. The van der Waals surface area contributed by atoms with Crippen molar-refractivity contribution >= 4 is 11.6 Å². The Morgan fingerprint density at radius 3 is 2.50 bits per heavy atom. The van der Waals surface area contributed by atoms with Crippen LogP contribution in [0.1, 0.15) is 35.7 Å². The summed E-state index contributed by atoms with van der Waals surface area (Å²) in [7, 11) is 1.60. The Bertz CT molecular complexity index is 980. The molecule has 0 unspecified atom stereocenters. The molecule has 4 rings (SSSR count). The first-order chi connectivity index (χ1) is 15.5. The molecule has 1 fully saturated rings. The van der Waals surface area contributed by atoms with Crippen LogP contribution >= 0.6 is 0 Å². The van der Waals surface area contributed by atoms with Gasteiger partial charge in [-0.1, -0.05) is 12.1 Å². The second kappa shape index (κ2) is 10.1. The van der Waals surface area contributed by atoms with Gasteiger partial charge >= 0.3 is 0 Å². The first-order valence-corrected chi connectivity index (χ1v) is 11.4. The Morgan fingerprint density at radius 2 is 1.75 bits per heavy atom. The molecule has 2 heterocycles. The monoisotopic (exact) mass is 435 g/mol. The van der Waals surface area contributed by atoms with E-state index in [0.717, 1.165) is 51.3 Å². The number of amides is 1. The summed E-state index contributed by atoms with van der Waals surface area (Å²) in [5, 5.41) is 0. The average Bonchev–Trinajstić information content (AvgIpc) is 2.93. The Kier molecular flexibility index (Phi) is 7.00. The summed E-state index contributed by atoms with van der Waals surface area (Å²) in [5.74, 6) is 1.20. The number of ether oxygens (including phenoxy) is 2. The molecule has 0 aromatic heterocycles. The zero-order chi connectivity index (χ0) is 22.5. The molecule has 0 saturated carbocycles. The summed E-state index contributed by atoms with van der Waals surface area (Å²) in [6.07, 6.45) is 3.68. The number of allylic oxidation sites excluding steroid dienone is 1. The van der Waals surface area contributed by atoms with E-state index in [2.05, 4.69) is 41.0 Å². The van der Waals surface area contributed by atoms with Gasteiger partial charge in [-0.3, -0.25) is 9.69 Å². The van der Waals surface area contributed by atoms with Gasteiger partial charge in [-0.25, -0.2) is 0 Å². The van der Waals surface area contributed by atoms with Crippen molar-refractivity contribution in [3.63, 3.8) is 0 Å². The highest BCUT2D eigenvalue weighted by Crippen LogP contribution is 2.29. The van der Waals surface area contributed by atoms with Crippen molar-refractivity contribution in [3.05, 3.63) is 65.6 Å². The van der Waals surface area contributed by atoms with Gasteiger partial charge in [-0.2, -0.15) is 0 Å². The van der Waals surface area contributed by atoms with Crippen molar-refractivity contribution in [3.8, 4) is 11.5 Å². The highest BCUT2D eigenvalue weighted by molar-refractivity contribution is 5.98. The normalized spacial score (nSPS) is 16.8. The molecule has 0 N–H and O–H groups in total. The molecule has 2 aromatic carbocycles. The highest BCUT2D eigenvalue weighted by Gasteiger charge is 2.25. The molecule has 32 heavy (non-hydrogen) atoms. The number of benzene rings is 2. The summed E-state index contributed by atoms with van der Waals surface area (Å²) in [6, 6.07) is 14.1. The zero-order valence-corrected chi connectivity index (χ0v) is 19.3. The molecule has 6 heteroatoms. The summed E-state index contributed by atoms with van der Waals surface area (Å²) in [6.45, 7) is 10.1. The van der Waals surface area contributed by atoms with Crippen LogP contribution in [0.25, 0.3) is 0 Å². The van der Waals surface area contributed by atoms with Crippen LogP contribution in [0.4, 0.5) is 5.69 Å². The molecule has 1 saturated heterocycles. The van der Waals surface area contributed by atoms with E-state index in [-0.39, 0.29) is 5.91 Å². The molecule has 1 amide bonds. The first-order valence-electron chi connectivity index (χ1n) is 11.4. The third-order valence-corrected chi connectivity index (χ3v) is 6.29. The van der Waals surface area contributed by atoms with Gasteiger partial charge in [-0.05, 0) is 69.1 Å². The fourth-order valence-electron chi connectivity index (χ4n) is 4.36. The third kappa shape index (κ3) is 5.07. The van der Waals surface area contributed by atoms with Gasteiger partial charge in [0.25, 0.3) is 5.91 Å². The number of carbonyl (C=O) groups excluding carboxylic acids is 1. The van der Waals surface area contributed by atoms with Crippen molar-refractivity contribution in [2.45, 2.75) is 26.7 Å². The number of fused-ring (bicyclic) bond motifs is 1. The van der Waals surface area contributed by atoms with Crippen molar-refractivity contribution in [2.24, 2.45) is 0 Å². The summed E-state index contributed by atoms with van der Waals surface area (Å²) < 4.78 is 11.0. The topological polar surface area (TPSA) is 45.2 Å². The Hall–Kier alpha value is -2.99. The number of rotatable bonds is 7. The quantitative estimate of drug-likeness (QED) is 0.607. The van der Waals surface area contributed by atoms with Crippen molar-refractivity contribution in [2.75, 3.05) is 51.3 Å². The molecule has 2 aliphatic heterocycles. The van der Waals surface area contributed by atoms with Gasteiger partial charge < -0.3 is 19.3 Å². The van der Waals surface area contributed by atoms with Crippen LogP contribution < -0.4 is 14.4 Å². The number of unbranched alkanes of at least 4 members (excludes halogenated alkanes) is 1. The number of hydrogen-bond acceptors (Lipinski definition) is 5. The van der Waals surface area contributed by atoms with Crippen LogP contribution in [0.3, 0.4) is 0 Å². The van der Waals surface area contributed by atoms with Crippen LogP contribution in [0.15, 0.2) is 54.4 Å². The number of anilines is 1. The van der Waals surface area contributed by atoms with E-state index in [1.165, 1.54) is 11.3 Å². The van der Waals surface area contributed by atoms with E-state index in [1.54, 1.807) is 25.5 Å². The molecule has 0 radical (unpaired) electrons. The highest BCUT2D eigenvalue weighted by atomic mass is 16.5. The van der Waals surface area contributed by atoms with Gasteiger partial charge in [0.1, 0.15) is 17.8 Å². The van der Waals surface area contributed by atoms with Crippen molar-refractivity contribution in [1.29, 1.82) is 0 Å². The molecule has 0 atom stereocenters. The number of piperazine rings is 1. The number of methoxy groups -OCH3 is 1. The second-order valence-corrected chi connectivity index (χ2v) is 8.57. The lowest BCUT2D eigenvalue weighted by Gasteiger charge is -2.36. The fraction of sp³-hybridized carbons (Fsp3) is 0.423. The maximum Gasteiger partial charge on any atom is 0.262 e. The Morgan fingerprint density at radius 1 is 0.969 bits per heavy atom. The SMILES string of the molecule is COc1ccc2c(c1)C(=O)N(CCCCN1CCN(c3cccc(C)c3)CC1)C(C)=CO2. The zero-order valence-electron chi connectivity index (χ0n) is 19.3. The van der Waals surface area contributed by atoms with E-state index in [1.807, 2.05) is 17.9 Å². The van der Waals surface area contributed by atoms with E-state index < -0.39 is 0 Å². The predicted octanol–water partition coefficient (Wildman–Crippen LogP) is 4.30. The van der Waals surface area contributed by atoms with Gasteiger partial charge in [-0.15, -0.1) is 0 Å². The van der Waals surface area contributed by atoms with Crippen LogP contribution in [-0.2, 0) is 0 Å². The molecular formula is C26H33N3O3. The lowest BCUT2D eigenvalue weighted by atomic mass is 10.1. The van der Waals surface area contributed by atoms with E-state index >= 15 is 0 Å². The van der Waals surface area contributed by atoms with Gasteiger partial charge in [0.05, 0.1) is 18.4 Å². The maximum atomic E-state index is 13.1. The molecule has 170 valence electrons. The van der Waals surface area contributed by atoms with Crippen LogP contribution in [-0.4, -0.2) is 62.1 Å². The van der Waals surface area contributed by atoms with Crippen LogP contribution in [0, 0.1) is 6.92 Å². The molecule has 0 bridgehead atoms. The minimum atomic E-state index is -0.0306. The van der Waals surface area contributed by atoms with Gasteiger partial charge in [0, 0.05) is 38.4 Å². The second-order valence-electron chi connectivity index (χ2n) is 8.57. The van der Waals surface area contributed by atoms with E-state index in [0.29, 0.717) is 23.6 Å². The predicted molar refractivity (Wildman–Crippen MR) is 127 cm³/mol. The molecule has 6 nitrogen and oxygen atoms in total. The third-order valence-electron chi connectivity index (χ3n) is 6.29. The van der Waals surface area contributed by atoms with Crippen molar-refractivity contribution < 1.29 is 14.3 Å². The smallest absolute Gasteiger partial charge is 0.262 e. The lowest BCUT2D eigenvalue weighted by molar-refractivity contribution is 0.0804. The fourth-order valence-corrected chi connectivity index (χ4v) is 4.36. The average molecular weight is 436 g/mol. The summed E-state index contributed by atoms with van der Waals surface area (Å²) >= 11 is 0. The summed E-state index contributed by atoms with van der Waals surface area (Å²) in [4.78, 5) is 20.0. The minimum absolute atomic E-state index is 0.0306. The molecule has 2 aromatic rings. The van der Waals surface area contributed by atoms with Crippen LogP contribution in [0.5, 0.6) is 11.5 Å². The van der Waals surface area contributed by atoms with Gasteiger partial charge in [0.15, 0.2) is 0 Å². The Labute approximate surface area is 191 Å². The van der Waals surface area contributed by atoms with E-state index in [4.69, 9.17) is 9.47 Å². The van der Waals surface area contributed by atoms with Crippen molar-refractivity contribution in [1.82, 2.24) is 9.80 Å². The maximum absolute atomic E-state index is 13.1. The molecule has 0 spiro atoms. The standard InChI is InChI=1S/C26H33N3O3/c1-20-7-6-8-22(17-20)28-15-13-27(14-16-28)11-4-5-12-29-21(2)19-32-25-10-9-23(31-3)18-24(25)26(29)30/h6-10,17-19H,4-5,11-16H2,1-3H3. The lowest BCUT2D eigenvalue weighted by Crippen LogP contribution is -2.46. The van der Waals surface area contributed by atoms with Gasteiger partial charge in [0.2, 0.25) is 0 Å².